The van der Waals surface area contributed by atoms with Gasteiger partial charge in [0.25, 0.3) is 0 Å². The van der Waals surface area contributed by atoms with Crippen LogP contribution in [-0.2, 0) is 5.41 Å². The van der Waals surface area contributed by atoms with Crippen molar-refractivity contribution in [2.45, 2.75) is 25.3 Å². The molecule has 1 aliphatic carbocycles. The number of fused-ring (bicyclic) bond motifs is 6. The van der Waals surface area contributed by atoms with Crippen LogP contribution in [-0.4, -0.2) is 4.98 Å². The number of dihydropyridines is 1. The van der Waals surface area contributed by atoms with Gasteiger partial charge in [0.15, 0.2) is 0 Å². The monoisotopic (exact) mass is 542 g/mol. The number of hydrogen-bond acceptors (Lipinski definition) is 3. The quantitative estimate of drug-likeness (QED) is 0.242. The molecular weight excluding hydrogens is 512 g/mol. The van der Waals surface area contributed by atoms with Gasteiger partial charge >= 0.3 is 0 Å². The maximum absolute atomic E-state index is 6.23. The van der Waals surface area contributed by atoms with Crippen molar-refractivity contribution in [3.05, 3.63) is 156 Å². The number of aromatic nitrogens is 1. The molecule has 0 fully saturated rings. The van der Waals surface area contributed by atoms with Crippen LogP contribution in [0.2, 0.25) is 0 Å². The highest BCUT2D eigenvalue weighted by Gasteiger charge is 2.39. The number of nitrogens with zero attached hydrogens (tertiary/aromatic N) is 1. The summed E-state index contributed by atoms with van der Waals surface area (Å²) in [5.41, 5.74) is 13.0. The van der Waals surface area contributed by atoms with Crippen LogP contribution in [0, 0.1) is 0 Å². The Balaban J connectivity index is 1.44. The Labute approximate surface area is 245 Å². The summed E-state index contributed by atoms with van der Waals surface area (Å²) in [6, 6.07) is 40.5. The minimum Gasteiger partial charge on any atom is -0.464 e. The first-order valence-electron chi connectivity index (χ1n) is 14.5. The van der Waals surface area contributed by atoms with E-state index in [2.05, 4.69) is 141 Å². The van der Waals surface area contributed by atoms with Crippen molar-refractivity contribution < 1.29 is 4.42 Å². The number of allylic oxidation sites excluding steroid dienone is 2. The number of pyridine rings is 1. The second-order valence-electron chi connectivity index (χ2n) is 11.6. The van der Waals surface area contributed by atoms with Crippen molar-refractivity contribution in [2.24, 2.45) is 0 Å². The summed E-state index contributed by atoms with van der Waals surface area (Å²) in [6.45, 7) is 4.60. The molecule has 3 nitrogen and oxygen atoms in total. The van der Waals surface area contributed by atoms with Crippen molar-refractivity contribution in [3.63, 3.8) is 0 Å². The minimum atomic E-state index is -0.372. The van der Waals surface area contributed by atoms with Gasteiger partial charge in [-0.25, -0.2) is 0 Å². The summed E-state index contributed by atoms with van der Waals surface area (Å²) in [4.78, 5) is 5.41. The van der Waals surface area contributed by atoms with Crippen LogP contribution in [0.25, 0.3) is 50.2 Å². The van der Waals surface area contributed by atoms with Gasteiger partial charge in [-0.2, -0.15) is 0 Å². The third kappa shape index (κ3) is 3.77. The van der Waals surface area contributed by atoms with E-state index >= 15 is 0 Å². The third-order valence-electron chi connectivity index (χ3n) is 8.78. The second kappa shape index (κ2) is 9.46. The molecule has 4 aromatic carbocycles. The van der Waals surface area contributed by atoms with E-state index in [9.17, 15) is 0 Å². The molecule has 2 aromatic heterocycles. The Kier molecular flexibility index (Phi) is 5.55. The Morgan fingerprint density at radius 2 is 1.40 bits per heavy atom. The first-order valence-corrected chi connectivity index (χ1v) is 14.5. The fourth-order valence-electron chi connectivity index (χ4n) is 6.65. The van der Waals surface area contributed by atoms with Crippen molar-refractivity contribution in [3.8, 4) is 33.5 Å². The number of furan rings is 1. The van der Waals surface area contributed by atoms with E-state index in [1.807, 2.05) is 12.3 Å². The van der Waals surface area contributed by atoms with Crippen LogP contribution in [0.5, 0.6) is 0 Å². The summed E-state index contributed by atoms with van der Waals surface area (Å²) < 4.78 is 6.23. The smallest absolute Gasteiger partial charge is 0.142 e. The van der Waals surface area contributed by atoms with Crippen LogP contribution in [0.1, 0.15) is 36.7 Å². The molecule has 0 saturated carbocycles. The zero-order valence-corrected chi connectivity index (χ0v) is 23.6. The molecule has 0 saturated heterocycles. The summed E-state index contributed by atoms with van der Waals surface area (Å²) >= 11 is 0. The molecule has 0 radical (unpaired) electrons. The van der Waals surface area contributed by atoms with Crippen LogP contribution >= 0.6 is 0 Å². The Bertz CT molecular complexity index is 2020. The van der Waals surface area contributed by atoms with E-state index in [-0.39, 0.29) is 11.5 Å². The fourth-order valence-corrected chi connectivity index (χ4v) is 6.65. The topological polar surface area (TPSA) is 38.1 Å². The summed E-state index contributed by atoms with van der Waals surface area (Å²) in [5.74, 6) is 0. The van der Waals surface area contributed by atoms with Gasteiger partial charge in [-0.05, 0) is 40.5 Å². The molecule has 1 aliphatic heterocycles. The number of nitrogens with one attached hydrogen (secondary N) is 1. The van der Waals surface area contributed by atoms with E-state index < -0.39 is 0 Å². The van der Waals surface area contributed by atoms with Crippen LogP contribution in [0.3, 0.4) is 0 Å². The molecule has 2 aliphatic rings. The maximum atomic E-state index is 6.23. The predicted octanol–water partition coefficient (Wildman–Crippen LogP) is 9.73. The van der Waals surface area contributed by atoms with Crippen molar-refractivity contribution >= 4 is 16.7 Å². The number of benzene rings is 4. The Hall–Kier alpha value is -5.15. The standard InChI is InChI=1S/C39H30N2O/c1-39(2)32-19-21-33(26-14-8-4-9-15-26)40-36(32)35-29-22-23-42-37(29)30(25-12-6-3-7-13-25)24-31(35)28-18-20-34(41-38(28)39)27-16-10-5-11-17-27/h3-24,33,40H,1-2H3. The lowest BCUT2D eigenvalue weighted by Gasteiger charge is -2.33. The van der Waals surface area contributed by atoms with Gasteiger partial charge < -0.3 is 9.73 Å². The van der Waals surface area contributed by atoms with Gasteiger partial charge in [-0.3, -0.25) is 4.98 Å². The maximum Gasteiger partial charge on any atom is 0.142 e. The molecular formula is C39H30N2O. The number of hydrogen-bond donors (Lipinski definition) is 1. The molecule has 42 heavy (non-hydrogen) atoms. The Morgan fingerprint density at radius 3 is 2.14 bits per heavy atom. The highest BCUT2D eigenvalue weighted by molar-refractivity contribution is 6.07. The first-order chi connectivity index (χ1) is 20.6. The number of rotatable bonds is 3. The predicted molar refractivity (Wildman–Crippen MR) is 172 cm³/mol. The first kappa shape index (κ1) is 24.6. The lowest BCUT2D eigenvalue weighted by atomic mass is 9.77. The summed E-state index contributed by atoms with van der Waals surface area (Å²) in [6.07, 6.45) is 6.42. The molecule has 1 unspecified atom stereocenters. The SMILES string of the molecule is CC1(C)C2=C(NC(c3ccccc3)C=C2)c2c(cc(-c3ccccc3)c3occc23)-c2ccc(-c3ccccc3)nc21. The molecule has 1 atom stereocenters. The van der Waals surface area contributed by atoms with Gasteiger partial charge in [-0.15, -0.1) is 0 Å². The van der Waals surface area contributed by atoms with Gasteiger partial charge in [0.2, 0.25) is 0 Å². The van der Waals surface area contributed by atoms with Crippen LogP contribution in [0.4, 0.5) is 0 Å². The normalized spacial score (nSPS) is 16.8. The average molecular weight is 543 g/mol. The molecule has 6 aromatic rings. The van der Waals surface area contributed by atoms with Gasteiger partial charge in [0.1, 0.15) is 5.58 Å². The Morgan fingerprint density at radius 1 is 0.714 bits per heavy atom. The fraction of sp³-hybridized carbons (Fsp3) is 0.103. The average Bonchev–Trinajstić information content (AvgIpc) is 3.52. The van der Waals surface area contributed by atoms with E-state index in [0.29, 0.717) is 0 Å². The molecule has 1 N–H and O–H groups in total. The molecule has 0 spiro atoms. The molecule has 3 heteroatoms. The molecule has 0 amide bonds. The highest BCUT2D eigenvalue weighted by atomic mass is 16.3. The lowest BCUT2D eigenvalue weighted by Crippen LogP contribution is -2.29. The highest BCUT2D eigenvalue weighted by Crippen LogP contribution is 2.51. The second-order valence-corrected chi connectivity index (χ2v) is 11.6. The van der Waals surface area contributed by atoms with Crippen LogP contribution in [0.15, 0.2) is 144 Å². The third-order valence-corrected chi connectivity index (χ3v) is 8.78. The lowest BCUT2D eigenvalue weighted by molar-refractivity contribution is 0.607. The minimum absolute atomic E-state index is 0.0541. The molecule has 8 rings (SSSR count). The van der Waals surface area contributed by atoms with Gasteiger partial charge in [-0.1, -0.05) is 123 Å². The van der Waals surface area contributed by atoms with Crippen LogP contribution < -0.4 is 5.32 Å². The van der Waals surface area contributed by atoms with Gasteiger partial charge in [0, 0.05) is 38.8 Å². The van der Waals surface area contributed by atoms with Gasteiger partial charge in [0.05, 0.1) is 23.7 Å². The molecule has 3 heterocycles. The van der Waals surface area contributed by atoms with E-state index in [1.54, 1.807) is 0 Å². The van der Waals surface area contributed by atoms with Crippen molar-refractivity contribution in [1.82, 2.24) is 10.3 Å². The zero-order valence-electron chi connectivity index (χ0n) is 23.6. The summed E-state index contributed by atoms with van der Waals surface area (Å²) in [5, 5.41) is 5.07. The zero-order chi connectivity index (χ0) is 28.3. The molecule has 0 bridgehead atoms. The van der Waals surface area contributed by atoms with E-state index in [1.165, 1.54) is 16.7 Å². The molecule has 202 valence electrons. The van der Waals surface area contributed by atoms with Crippen molar-refractivity contribution in [2.75, 3.05) is 0 Å². The van der Waals surface area contributed by atoms with E-state index in [4.69, 9.17) is 9.40 Å². The van der Waals surface area contributed by atoms with E-state index in [0.717, 1.165) is 55.9 Å². The summed E-state index contributed by atoms with van der Waals surface area (Å²) in [7, 11) is 0. The largest absolute Gasteiger partial charge is 0.464 e. The van der Waals surface area contributed by atoms with Crippen molar-refractivity contribution in [1.29, 1.82) is 0 Å².